The molecule has 2 amide bonds. The molecular weight excluding hydrogens is 402 g/mol. The van der Waals surface area contributed by atoms with Crippen LogP contribution in [0.2, 0.25) is 0 Å². The lowest BCUT2D eigenvalue weighted by Gasteiger charge is -2.06. The van der Waals surface area contributed by atoms with Crippen LogP contribution in [0.15, 0.2) is 59.7 Å². The maximum Gasteiger partial charge on any atom is 0.259 e. The molecule has 0 saturated carbocycles. The molecule has 2 rings (SSSR count). The molecule has 0 bridgehead atoms. The van der Waals surface area contributed by atoms with E-state index in [1.54, 1.807) is 6.21 Å². The Morgan fingerprint density at radius 1 is 0.875 bits per heavy atom. The SMILES string of the molecule is CCCCCCCCCC(=O)NCC(=O)N/N=C\c1ccc(OCc2ccccc2)cc1. The van der Waals surface area contributed by atoms with E-state index in [1.807, 2.05) is 54.6 Å². The number of ether oxygens (including phenoxy) is 1. The van der Waals surface area contributed by atoms with Crippen LogP contribution in [0, 0.1) is 0 Å². The molecule has 0 aliphatic rings. The second kappa shape index (κ2) is 15.6. The van der Waals surface area contributed by atoms with Gasteiger partial charge in [0.15, 0.2) is 0 Å². The van der Waals surface area contributed by atoms with Gasteiger partial charge in [0.25, 0.3) is 5.91 Å². The standard InChI is InChI=1S/C26H35N3O3/c1-2-3-4-5-6-7-11-14-25(30)27-20-26(31)29-28-19-22-15-17-24(18-16-22)32-21-23-12-9-8-10-13-23/h8-10,12-13,15-19H,2-7,11,14,20-21H2,1H3,(H,27,30)(H,29,31)/b28-19-. The molecular formula is C26H35N3O3. The van der Waals surface area contributed by atoms with Crippen molar-refractivity contribution in [3.63, 3.8) is 0 Å². The predicted octanol–water partition coefficient (Wildman–Crippen LogP) is 4.97. The maximum atomic E-state index is 11.8. The zero-order valence-corrected chi connectivity index (χ0v) is 19.0. The summed E-state index contributed by atoms with van der Waals surface area (Å²) in [5.74, 6) is 0.319. The topological polar surface area (TPSA) is 79.8 Å². The van der Waals surface area contributed by atoms with Crippen LogP contribution in [0.25, 0.3) is 0 Å². The van der Waals surface area contributed by atoms with Gasteiger partial charge in [-0.25, -0.2) is 5.43 Å². The molecule has 172 valence electrons. The summed E-state index contributed by atoms with van der Waals surface area (Å²) in [6, 6.07) is 17.4. The normalized spacial score (nSPS) is 10.8. The number of unbranched alkanes of at least 4 members (excludes halogenated alkanes) is 6. The summed E-state index contributed by atoms with van der Waals surface area (Å²) in [7, 11) is 0. The molecule has 0 spiro atoms. The first-order valence-corrected chi connectivity index (χ1v) is 11.5. The highest BCUT2D eigenvalue weighted by atomic mass is 16.5. The van der Waals surface area contributed by atoms with Gasteiger partial charge < -0.3 is 10.1 Å². The predicted molar refractivity (Wildman–Crippen MR) is 129 cm³/mol. The second-order valence-corrected chi connectivity index (χ2v) is 7.78. The lowest BCUT2D eigenvalue weighted by atomic mass is 10.1. The molecule has 32 heavy (non-hydrogen) atoms. The monoisotopic (exact) mass is 437 g/mol. The van der Waals surface area contributed by atoms with Gasteiger partial charge in [0, 0.05) is 6.42 Å². The van der Waals surface area contributed by atoms with Crippen LogP contribution in [-0.2, 0) is 16.2 Å². The number of nitrogens with zero attached hydrogens (tertiary/aromatic N) is 1. The summed E-state index contributed by atoms with van der Waals surface area (Å²) < 4.78 is 5.75. The Bertz CT molecular complexity index is 820. The molecule has 2 aromatic rings. The van der Waals surface area contributed by atoms with Gasteiger partial charge in [-0.2, -0.15) is 5.10 Å². The molecule has 0 aliphatic heterocycles. The number of carbonyl (C=O) groups excluding carboxylic acids is 2. The quantitative estimate of drug-likeness (QED) is 0.234. The largest absolute Gasteiger partial charge is 0.489 e. The zero-order valence-electron chi connectivity index (χ0n) is 19.0. The van der Waals surface area contributed by atoms with Crippen molar-refractivity contribution in [1.82, 2.24) is 10.7 Å². The number of nitrogens with one attached hydrogen (secondary N) is 2. The van der Waals surface area contributed by atoms with E-state index in [2.05, 4.69) is 22.8 Å². The number of hydrogen-bond acceptors (Lipinski definition) is 4. The minimum absolute atomic E-state index is 0.0705. The number of amides is 2. The summed E-state index contributed by atoms with van der Waals surface area (Å²) in [5, 5.41) is 6.57. The lowest BCUT2D eigenvalue weighted by Crippen LogP contribution is -2.34. The van der Waals surface area contributed by atoms with E-state index >= 15 is 0 Å². The Morgan fingerprint density at radius 3 is 2.28 bits per heavy atom. The van der Waals surface area contributed by atoms with Crippen LogP contribution in [0.4, 0.5) is 0 Å². The van der Waals surface area contributed by atoms with Crippen LogP contribution in [-0.4, -0.2) is 24.6 Å². The second-order valence-electron chi connectivity index (χ2n) is 7.78. The van der Waals surface area contributed by atoms with Crippen molar-refractivity contribution >= 4 is 18.0 Å². The average molecular weight is 438 g/mol. The number of hydrazone groups is 1. The van der Waals surface area contributed by atoms with E-state index in [0.717, 1.165) is 29.7 Å². The van der Waals surface area contributed by atoms with Crippen molar-refractivity contribution in [2.24, 2.45) is 5.10 Å². The molecule has 0 heterocycles. The maximum absolute atomic E-state index is 11.8. The van der Waals surface area contributed by atoms with Crippen molar-refractivity contribution in [3.8, 4) is 5.75 Å². The highest BCUT2D eigenvalue weighted by Crippen LogP contribution is 2.13. The van der Waals surface area contributed by atoms with Gasteiger partial charge in [-0.05, 0) is 41.8 Å². The van der Waals surface area contributed by atoms with Crippen molar-refractivity contribution in [1.29, 1.82) is 0 Å². The van der Waals surface area contributed by atoms with Gasteiger partial charge in [-0.3, -0.25) is 9.59 Å². The van der Waals surface area contributed by atoms with Crippen LogP contribution < -0.4 is 15.5 Å². The Hall–Kier alpha value is -3.15. The minimum atomic E-state index is -0.350. The Kier molecular flexibility index (Phi) is 12.3. The van der Waals surface area contributed by atoms with E-state index < -0.39 is 0 Å². The highest BCUT2D eigenvalue weighted by Gasteiger charge is 2.04. The summed E-state index contributed by atoms with van der Waals surface area (Å²) >= 11 is 0. The Morgan fingerprint density at radius 2 is 1.56 bits per heavy atom. The van der Waals surface area contributed by atoms with Crippen LogP contribution >= 0.6 is 0 Å². The fourth-order valence-electron chi connectivity index (χ4n) is 3.12. The molecule has 6 heteroatoms. The van der Waals surface area contributed by atoms with Crippen LogP contribution in [0.3, 0.4) is 0 Å². The number of benzene rings is 2. The number of hydrogen-bond donors (Lipinski definition) is 2. The third kappa shape index (κ3) is 11.3. The van der Waals surface area contributed by atoms with Crippen molar-refractivity contribution < 1.29 is 14.3 Å². The molecule has 0 unspecified atom stereocenters. The van der Waals surface area contributed by atoms with E-state index in [1.165, 1.54) is 32.1 Å². The van der Waals surface area contributed by atoms with Crippen LogP contribution in [0.5, 0.6) is 5.75 Å². The Balaban J connectivity index is 1.57. The molecule has 6 nitrogen and oxygen atoms in total. The minimum Gasteiger partial charge on any atom is -0.489 e. The van der Waals surface area contributed by atoms with E-state index in [0.29, 0.717) is 13.0 Å². The average Bonchev–Trinajstić information content (AvgIpc) is 2.82. The smallest absolute Gasteiger partial charge is 0.259 e. The van der Waals surface area contributed by atoms with Gasteiger partial charge >= 0.3 is 0 Å². The first-order valence-electron chi connectivity index (χ1n) is 11.5. The first-order chi connectivity index (χ1) is 15.7. The Labute approximate surface area is 191 Å². The molecule has 2 N–H and O–H groups in total. The zero-order chi connectivity index (χ0) is 22.9. The summed E-state index contributed by atoms with van der Waals surface area (Å²) in [5.41, 5.74) is 4.37. The number of rotatable bonds is 15. The molecule has 0 atom stereocenters. The lowest BCUT2D eigenvalue weighted by molar-refractivity contribution is -0.126. The molecule has 2 aromatic carbocycles. The summed E-state index contributed by atoms with van der Waals surface area (Å²) in [6.07, 6.45) is 10.1. The molecule has 0 radical (unpaired) electrons. The van der Waals surface area contributed by atoms with Crippen molar-refractivity contribution in [2.75, 3.05) is 6.54 Å². The van der Waals surface area contributed by atoms with E-state index in [-0.39, 0.29) is 18.4 Å². The molecule has 0 aliphatic carbocycles. The fraction of sp³-hybridized carbons (Fsp3) is 0.423. The fourth-order valence-corrected chi connectivity index (χ4v) is 3.12. The molecule has 0 saturated heterocycles. The van der Waals surface area contributed by atoms with Gasteiger partial charge in [0.2, 0.25) is 5.91 Å². The molecule has 0 aromatic heterocycles. The van der Waals surface area contributed by atoms with Gasteiger partial charge in [-0.15, -0.1) is 0 Å². The van der Waals surface area contributed by atoms with E-state index in [9.17, 15) is 9.59 Å². The van der Waals surface area contributed by atoms with Gasteiger partial charge in [0.05, 0.1) is 12.8 Å². The molecule has 0 fully saturated rings. The van der Waals surface area contributed by atoms with E-state index in [4.69, 9.17) is 4.74 Å². The van der Waals surface area contributed by atoms with Crippen molar-refractivity contribution in [3.05, 3.63) is 65.7 Å². The third-order valence-electron chi connectivity index (χ3n) is 4.98. The summed E-state index contributed by atoms with van der Waals surface area (Å²) in [6.45, 7) is 2.64. The number of carbonyl (C=O) groups is 2. The third-order valence-corrected chi connectivity index (χ3v) is 4.98. The highest BCUT2D eigenvalue weighted by molar-refractivity contribution is 5.86. The van der Waals surface area contributed by atoms with Gasteiger partial charge in [0.1, 0.15) is 12.4 Å². The van der Waals surface area contributed by atoms with Gasteiger partial charge in [-0.1, -0.05) is 75.8 Å². The van der Waals surface area contributed by atoms with Crippen molar-refractivity contribution in [2.45, 2.75) is 64.9 Å². The van der Waals surface area contributed by atoms with Crippen LogP contribution in [0.1, 0.15) is 69.4 Å². The first kappa shape index (κ1) is 25.1. The summed E-state index contributed by atoms with van der Waals surface area (Å²) in [4.78, 5) is 23.6.